The smallest absolute Gasteiger partial charge is 0.204 e. The molecule has 0 unspecified atom stereocenters. The number of rotatable bonds is 6. The van der Waals surface area contributed by atoms with Crippen LogP contribution in [-0.2, 0) is 6.42 Å². The summed E-state index contributed by atoms with van der Waals surface area (Å²) < 4.78 is 22.8. The zero-order chi connectivity index (χ0) is 18.7. The lowest BCUT2D eigenvalue weighted by molar-refractivity contribution is 0.329. The third-order valence-corrected chi connectivity index (χ3v) is 4.46. The summed E-state index contributed by atoms with van der Waals surface area (Å²) in [7, 11) is 9.02. The van der Waals surface area contributed by atoms with E-state index in [1.807, 2.05) is 24.3 Å². The molecule has 0 aliphatic carbocycles. The Morgan fingerprint density at radius 2 is 1.58 bits per heavy atom. The highest BCUT2D eigenvalue weighted by Crippen LogP contribution is 2.48. The van der Waals surface area contributed by atoms with Crippen LogP contribution in [0.2, 0.25) is 0 Å². The molecule has 5 heteroatoms. The lowest BCUT2D eigenvalue weighted by Gasteiger charge is -2.19. The van der Waals surface area contributed by atoms with Gasteiger partial charge in [-0.3, -0.25) is 0 Å². The van der Waals surface area contributed by atoms with Gasteiger partial charge in [0.15, 0.2) is 23.0 Å². The standard InChI is InChI=1S/C21H25NO4/c1-22(2)13-12-14-7-10-17(23-3)20-16(14)9-6-15-8-11-18(24-4)21(25-5)19(15)26-20/h6-11H,12-13H2,1-5H3. The SMILES string of the molecule is COc1ccc(CCN(C)C)c2c1Oc1c(ccc(OC)c1OC)C=C2. The van der Waals surface area contributed by atoms with Crippen LogP contribution in [0.25, 0.3) is 12.2 Å². The molecule has 2 aromatic carbocycles. The second-order valence-electron chi connectivity index (χ2n) is 6.38. The first-order valence-corrected chi connectivity index (χ1v) is 8.54. The van der Waals surface area contributed by atoms with Crippen LogP contribution < -0.4 is 18.9 Å². The average Bonchev–Trinajstić information content (AvgIpc) is 2.84. The third kappa shape index (κ3) is 3.35. The molecular formula is C21H25NO4. The molecule has 0 saturated heterocycles. The molecular weight excluding hydrogens is 330 g/mol. The second-order valence-corrected chi connectivity index (χ2v) is 6.38. The predicted molar refractivity (Wildman–Crippen MR) is 104 cm³/mol. The van der Waals surface area contributed by atoms with E-state index in [-0.39, 0.29) is 0 Å². The van der Waals surface area contributed by atoms with Gasteiger partial charge in [-0.1, -0.05) is 18.2 Å². The van der Waals surface area contributed by atoms with E-state index in [0.717, 1.165) is 24.1 Å². The third-order valence-electron chi connectivity index (χ3n) is 4.46. The molecule has 0 N–H and O–H groups in total. The lowest BCUT2D eigenvalue weighted by Crippen LogP contribution is -2.15. The maximum Gasteiger partial charge on any atom is 0.204 e. The Labute approximate surface area is 154 Å². The molecule has 26 heavy (non-hydrogen) atoms. The summed E-state index contributed by atoms with van der Waals surface area (Å²) in [5, 5.41) is 0. The molecule has 1 aliphatic rings. The van der Waals surface area contributed by atoms with Crippen molar-refractivity contribution in [3.05, 3.63) is 41.0 Å². The van der Waals surface area contributed by atoms with E-state index in [4.69, 9.17) is 18.9 Å². The van der Waals surface area contributed by atoms with Crippen molar-refractivity contribution in [2.24, 2.45) is 0 Å². The fourth-order valence-corrected chi connectivity index (χ4v) is 3.06. The van der Waals surface area contributed by atoms with Gasteiger partial charge in [-0.2, -0.15) is 0 Å². The topological polar surface area (TPSA) is 40.2 Å². The van der Waals surface area contributed by atoms with Gasteiger partial charge in [0.1, 0.15) is 0 Å². The van der Waals surface area contributed by atoms with E-state index < -0.39 is 0 Å². The van der Waals surface area contributed by atoms with Gasteiger partial charge in [-0.05, 0) is 44.3 Å². The van der Waals surface area contributed by atoms with Crippen LogP contribution in [0.4, 0.5) is 0 Å². The van der Waals surface area contributed by atoms with Gasteiger partial charge in [0.05, 0.1) is 21.3 Å². The van der Waals surface area contributed by atoms with Crippen molar-refractivity contribution in [3.63, 3.8) is 0 Å². The number of benzene rings is 2. The Hall–Kier alpha value is -2.66. The van der Waals surface area contributed by atoms with Crippen molar-refractivity contribution in [2.45, 2.75) is 6.42 Å². The van der Waals surface area contributed by atoms with Crippen molar-refractivity contribution in [3.8, 4) is 28.7 Å². The molecule has 0 aromatic heterocycles. The van der Waals surface area contributed by atoms with E-state index in [0.29, 0.717) is 28.7 Å². The van der Waals surface area contributed by atoms with E-state index in [1.165, 1.54) is 5.56 Å². The van der Waals surface area contributed by atoms with Crippen molar-refractivity contribution >= 4 is 12.2 Å². The van der Waals surface area contributed by atoms with E-state index in [1.54, 1.807) is 21.3 Å². The van der Waals surface area contributed by atoms with Crippen molar-refractivity contribution in [1.29, 1.82) is 0 Å². The molecule has 0 spiro atoms. The molecule has 138 valence electrons. The minimum absolute atomic E-state index is 0.572. The first-order valence-electron chi connectivity index (χ1n) is 8.54. The first-order chi connectivity index (χ1) is 12.6. The Balaban J connectivity index is 2.13. The Morgan fingerprint density at radius 3 is 2.23 bits per heavy atom. The van der Waals surface area contributed by atoms with Crippen LogP contribution in [0.15, 0.2) is 24.3 Å². The number of methoxy groups -OCH3 is 3. The highest BCUT2D eigenvalue weighted by molar-refractivity contribution is 5.82. The summed E-state index contributed by atoms with van der Waals surface area (Å²) in [6, 6.07) is 7.90. The van der Waals surface area contributed by atoms with Crippen molar-refractivity contribution in [1.82, 2.24) is 4.90 Å². The first kappa shape index (κ1) is 18.1. The van der Waals surface area contributed by atoms with Crippen LogP contribution in [0.3, 0.4) is 0 Å². The normalized spacial score (nSPS) is 12.1. The summed E-state index contributed by atoms with van der Waals surface area (Å²) in [5.74, 6) is 3.22. The van der Waals surface area contributed by atoms with Crippen LogP contribution in [-0.4, -0.2) is 46.9 Å². The number of ether oxygens (including phenoxy) is 4. The Morgan fingerprint density at radius 1 is 0.846 bits per heavy atom. The maximum atomic E-state index is 6.33. The fraction of sp³-hybridized carbons (Fsp3) is 0.333. The fourth-order valence-electron chi connectivity index (χ4n) is 3.06. The zero-order valence-electron chi connectivity index (χ0n) is 16.0. The predicted octanol–water partition coefficient (Wildman–Crippen LogP) is 4.09. The monoisotopic (exact) mass is 355 g/mol. The number of likely N-dealkylation sites (N-methyl/N-ethyl adjacent to an activating group) is 1. The van der Waals surface area contributed by atoms with Crippen molar-refractivity contribution < 1.29 is 18.9 Å². The van der Waals surface area contributed by atoms with E-state index >= 15 is 0 Å². The molecule has 0 atom stereocenters. The van der Waals surface area contributed by atoms with Crippen LogP contribution >= 0.6 is 0 Å². The summed E-state index contributed by atoms with van der Waals surface area (Å²) in [6.07, 6.45) is 5.05. The van der Waals surface area contributed by atoms with Gasteiger partial charge in [0.2, 0.25) is 5.75 Å². The number of fused-ring (bicyclic) bond motifs is 2. The van der Waals surface area contributed by atoms with Gasteiger partial charge >= 0.3 is 0 Å². The van der Waals surface area contributed by atoms with Crippen molar-refractivity contribution in [2.75, 3.05) is 42.0 Å². The van der Waals surface area contributed by atoms with E-state index in [2.05, 4.69) is 31.1 Å². The van der Waals surface area contributed by atoms with Gasteiger partial charge in [-0.25, -0.2) is 0 Å². The maximum absolute atomic E-state index is 6.33. The molecule has 5 nitrogen and oxygen atoms in total. The summed E-state index contributed by atoms with van der Waals surface area (Å²) >= 11 is 0. The van der Waals surface area contributed by atoms with Crippen LogP contribution in [0.5, 0.6) is 28.7 Å². The molecule has 0 fully saturated rings. The van der Waals surface area contributed by atoms with Gasteiger partial charge in [-0.15, -0.1) is 0 Å². The number of hydrogen-bond donors (Lipinski definition) is 0. The summed E-state index contributed by atoms with van der Waals surface area (Å²) in [6.45, 7) is 0.955. The molecule has 1 heterocycles. The second kappa shape index (κ2) is 7.70. The average molecular weight is 355 g/mol. The van der Waals surface area contributed by atoms with Gasteiger partial charge in [0.25, 0.3) is 0 Å². The molecule has 3 rings (SSSR count). The largest absolute Gasteiger partial charge is 0.493 e. The van der Waals surface area contributed by atoms with Gasteiger partial charge in [0, 0.05) is 17.7 Å². The Kier molecular flexibility index (Phi) is 5.38. The lowest BCUT2D eigenvalue weighted by atomic mass is 10.0. The number of hydrogen-bond acceptors (Lipinski definition) is 5. The number of nitrogens with zero attached hydrogens (tertiary/aromatic N) is 1. The molecule has 0 amide bonds. The highest BCUT2D eigenvalue weighted by Gasteiger charge is 2.23. The van der Waals surface area contributed by atoms with Crippen LogP contribution in [0.1, 0.15) is 16.7 Å². The Bertz CT molecular complexity index is 827. The zero-order valence-corrected chi connectivity index (χ0v) is 16.0. The minimum atomic E-state index is 0.572. The molecule has 0 bridgehead atoms. The quantitative estimate of drug-likeness (QED) is 0.666. The highest BCUT2D eigenvalue weighted by atomic mass is 16.5. The molecule has 0 radical (unpaired) electrons. The minimum Gasteiger partial charge on any atom is -0.493 e. The van der Waals surface area contributed by atoms with Crippen LogP contribution in [0, 0.1) is 0 Å². The molecule has 1 aliphatic heterocycles. The van der Waals surface area contributed by atoms with Gasteiger partial charge < -0.3 is 23.8 Å². The molecule has 2 aromatic rings. The summed E-state index contributed by atoms with van der Waals surface area (Å²) in [5.41, 5.74) is 3.17. The van der Waals surface area contributed by atoms with E-state index in [9.17, 15) is 0 Å². The summed E-state index contributed by atoms with van der Waals surface area (Å²) in [4.78, 5) is 2.17. The molecule has 0 saturated carbocycles.